The van der Waals surface area contributed by atoms with Gasteiger partial charge in [-0.1, -0.05) is 43.0 Å². The number of benzene rings is 2. The number of ether oxygens (including phenoxy) is 1. The molecule has 1 amide bonds. The van der Waals surface area contributed by atoms with Crippen LogP contribution in [0.15, 0.2) is 78.7 Å². The summed E-state index contributed by atoms with van der Waals surface area (Å²) in [4.78, 5) is 15.7. The molecule has 0 fully saturated rings. The number of likely N-dealkylation sites (N-methyl/N-ethyl adjacent to an activating group) is 1. The molecule has 1 aromatic heterocycles. The second-order valence-corrected chi connectivity index (χ2v) is 7.96. The summed E-state index contributed by atoms with van der Waals surface area (Å²) in [7, 11) is 1.90. The predicted octanol–water partition coefficient (Wildman–Crippen LogP) is 4.79. The highest BCUT2D eigenvalue weighted by Gasteiger charge is 2.19. The van der Waals surface area contributed by atoms with Gasteiger partial charge in [-0.15, -0.1) is 11.3 Å². The maximum atomic E-state index is 13.3. The van der Waals surface area contributed by atoms with Crippen LogP contribution in [0.4, 0.5) is 4.39 Å². The van der Waals surface area contributed by atoms with Gasteiger partial charge < -0.3 is 10.1 Å². The molecule has 0 saturated carbocycles. The van der Waals surface area contributed by atoms with E-state index in [9.17, 15) is 9.18 Å². The molecule has 4 nitrogen and oxygen atoms in total. The first-order chi connectivity index (χ1) is 14.5. The molecule has 3 rings (SSSR count). The normalized spacial score (nSPS) is 11.8. The smallest absolute Gasteiger partial charge is 0.234 e. The van der Waals surface area contributed by atoms with E-state index in [1.807, 2.05) is 53.7 Å². The number of nitrogens with one attached hydrogen (secondary N) is 1. The molecule has 0 aliphatic rings. The molecular weight excluding hydrogens is 399 g/mol. The predicted molar refractivity (Wildman–Crippen MR) is 119 cm³/mol. The minimum absolute atomic E-state index is 0.0915. The largest absolute Gasteiger partial charge is 0.490 e. The summed E-state index contributed by atoms with van der Waals surface area (Å²) in [5.74, 6) is 0.402. The Balaban J connectivity index is 1.59. The molecule has 0 spiro atoms. The number of carbonyl (C=O) groups is 1. The molecular formula is C24H25FN2O2S. The molecule has 0 aliphatic carbocycles. The number of thiophene rings is 1. The van der Waals surface area contributed by atoms with Crippen molar-refractivity contribution in [1.29, 1.82) is 0 Å². The molecule has 30 heavy (non-hydrogen) atoms. The van der Waals surface area contributed by atoms with Crippen molar-refractivity contribution in [3.05, 3.63) is 101 Å². The molecule has 0 saturated heterocycles. The monoisotopic (exact) mass is 424 g/mol. The summed E-state index contributed by atoms with van der Waals surface area (Å²) >= 11 is 1.56. The molecule has 0 unspecified atom stereocenters. The molecule has 1 N–H and O–H groups in total. The Kier molecular flexibility index (Phi) is 7.76. The van der Waals surface area contributed by atoms with Crippen molar-refractivity contribution in [2.24, 2.45) is 0 Å². The highest BCUT2D eigenvalue weighted by Crippen LogP contribution is 2.26. The van der Waals surface area contributed by atoms with Crippen LogP contribution < -0.4 is 10.1 Å². The number of hydrogen-bond donors (Lipinski definition) is 1. The third kappa shape index (κ3) is 6.27. The van der Waals surface area contributed by atoms with Gasteiger partial charge in [0.15, 0.2) is 0 Å². The molecule has 0 aliphatic heterocycles. The summed E-state index contributed by atoms with van der Waals surface area (Å²) in [6.45, 7) is 4.99. The van der Waals surface area contributed by atoms with Gasteiger partial charge in [0.2, 0.25) is 5.91 Å². The van der Waals surface area contributed by atoms with Crippen molar-refractivity contribution < 1.29 is 13.9 Å². The highest BCUT2D eigenvalue weighted by atomic mass is 32.1. The third-order valence-corrected chi connectivity index (χ3v) is 5.43. The van der Waals surface area contributed by atoms with E-state index in [4.69, 9.17) is 4.74 Å². The van der Waals surface area contributed by atoms with Crippen molar-refractivity contribution in [3.63, 3.8) is 0 Å². The molecule has 1 atom stereocenters. The van der Waals surface area contributed by atoms with E-state index < -0.39 is 0 Å². The quantitative estimate of drug-likeness (QED) is 0.476. The van der Waals surface area contributed by atoms with Gasteiger partial charge in [0.25, 0.3) is 0 Å². The van der Waals surface area contributed by atoms with E-state index >= 15 is 0 Å². The Morgan fingerprint density at radius 1 is 1.20 bits per heavy atom. The number of nitrogens with zero attached hydrogens (tertiary/aromatic N) is 1. The second kappa shape index (κ2) is 10.7. The molecule has 0 radical (unpaired) electrons. The van der Waals surface area contributed by atoms with Gasteiger partial charge in [0.05, 0.1) is 12.6 Å². The summed E-state index contributed by atoms with van der Waals surface area (Å²) < 4.78 is 18.8. The van der Waals surface area contributed by atoms with Crippen molar-refractivity contribution in [1.82, 2.24) is 10.2 Å². The number of hydrogen-bond acceptors (Lipinski definition) is 4. The maximum Gasteiger partial charge on any atom is 0.234 e. The fourth-order valence-corrected chi connectivity index (χ4v) is 3.90. The molecule has 3 aromatic rings. The van der Waals surface area contributed by atoms with Crippen LogP contribution in [-0.4, -0.2) is 31.0 Å². The van der Waals surface area contributed by atoms with Crippen LogP contribution in [0.3, 0.4) is 0 Å². The van der Waals surface area contributed by atoms with Gasteiger partial charge >= 0.3 is 0 Å². The zero-order chi connectivity index (χ0) is 21.3. The Morgan fingerprint density at radius 3 is 2.57 bits per heavy atom. The average molecular weight is 425 g/mol. The van der Waals surface area contributed by atoms with Crippen LogP contribution >= 0.6 is 11.3 Å². The highest BCUT2D eigenvalue weighted by molar-refractivity contribution is 7.10. The molecule has 2 aromatic carbocycles. The maximum absolute atomic E-state index is 13.3. The Bertz CT molecular complexity index is 940. The van der Waals surface area contributed by atoms with E-state index in [0.29, 0.717) is 13.2 Å². The van der Waals surface area contributed by atoms with Gasteiger partial charge in [-0.05, 0) is 53.9 Å². The van der Waals surface area contributed by atoms with Crippen molar-refractivity contribution in [2.75, 3.05) is 20.2 Å². The molecule has 156 valence electrons. The lowest BCUT2D eigenvalue weighted by Gasteiger charge is -2.21. The van der Waals surface area contributed by atoms with E-state index in [2.05, 4.69) is 11.9 Å². The van der Waals surface area contributed by atoms with Crippen LogP contribution in [0.1, 0.15) is 22.0 Å². The molecule has 1 heterocycles. The zero-order valence-electron chi connectivity index (χ0n) is 16.9. The first-order valence-electron chi connectivity index (χ1n) is 9.64. The van der Waals surface area contributed by atoms with Gasteiger partial charge in [-0.3, -0.25) is 9.69 Å². The second-order valence-electron chi connectivity index (χ2n) is 6.98. The van der Waals surface area contributed by atoms with Gasteiger partial charge in [0, 0.05) is 11.4 Å². The first-order valence-corrected chi connectivity index (χ1v) is 10.5. The van der Waals surface area contributed by atoms with Gasteiger partial charge in [-0.25, -0.2) is 4.39 Å². The first kappa shape index (κ1) is 21.7. The average Bonchev–Trinajstić information content (AvgIpc) is 3.27. The Morgan fingerprint density at radius 2 is 1.93 bits per heavy atom. The number of carbonyl (C=O) groups excluding carboxylic acids is 1. The van der Waals surface area contributed by atoms with Crippen LogP contribution in [0, 0.1) is 5.82 Å². The molecule has 6 heteroatoms. The van der Waals surface area contributed by atoms with Crippen LogP contribution in [-0.2, 0) is 11.3 Å². The number of rotatable bonds is 10. The van der Waals surface area contributed by atoms with Crippen molar-refractivity contribution in [2.45, 2.75) is 12.6 Å². The van der Waals surface area contributed by atoms with E-state index in [-0.39, 0.29) is 24.3 Å². The van der Waals surface area contributed by atoms with Gasteiger partial charge in [-0.2, -0.15) is 0 Å². The molecule has 0 bridgehead atoms. The van der Waals surface area contributed by atoms with Crippen molar-refractivity contribution >= 4 is 17.2 Å². The zero-order valence-corrected chi connectivity index (χ0v) is 17.7. The SMILES string of the molecule is C=CCOc1ccc(CN(C)CC(=O)N[C@@H](c2ccc(F)cc2)c2cccs2)cc1. The van der Waals surface area contributed by atoms with E-state index in [0.717, 1.165) is 21.8 Å². The minimum atomic E-state index is -0.298. The summed E-state index contributed by atoms with van der Waals surface area (Å²) in [6.07, 6.45) is 1.70. The summed E-state index contributed by atoms with van der Waals surface area (Å²) in [5.41, 5.74) is 1.94. The Labute approximate surface area is 180 Å². The van der Waals surface area contributed by atoms with Crippen LogP contribution in [0.5, 0.6) is 5.75 Å². The fourth-order valence-electron chi connectivity index (χ4n) is 3.10. The minimum Gasteiger partial charge on any atom is -0.490 e. The lowest BCUT2D eigenvalue weighted by Crippen LogP contribution is -2.37. The lowest BCUT2D eigenvalue weighted by molar-refractivity contribution is -0.122. The standard InChI is InChI=1S/C24H25FN2O2S/c1-3-14-29-21-12-6-18(7-13-21)16-27(2)17-23(28)26-24(22-5-4-15-30-22)19-8-10-20(25)11-9-19/h3-13,15,24H,1,14,16-17H2,2H3,(H,26,28)/t24-/m0/s1. The number of amides is 1. The van der Waals surface area contributed by atoms with Crippen LogP contribution in [0.25, 0.3) is 0 Å². The Hall–Kier alpha value is -2.96. The number of halogens is 1. The van der Waals surface area contributed by atoms with E-state index in [1.165, 1.54) is 12.1 Å². The third-order valence-electron chi connectivity index (χ3n) is 4.49. The van der Waals surface area contributed by atoms with Crippen molar-refractivity contribution in [3.8, 4) is 5.75 Å². The van der Waals surface area contributed by atoms with Crippen LogP contribution in [0.2, 0.25) is 0 Å². The summed E-state index contributed by atoms with van der Waals surface area (Å²) in [5, 5.41) is 5.05. The summed E-state index contributed by atoms with van der Waals surface area (Å²) in [6, 6.07) is 17.7. The van der Waals surface area contributed by atoms with Gasteiger partial charge in [0.1, 0.15) is 18.2 Å². The van der Waals surface area contributed by atoms with E-state index in [1.54, 1.807) is 29.5 Å². The lowest BCUT2D eigenvalue weighted by atomic mass is 10.1. The topological polar surface area (TPSA) is 41.6 Å². The fraction of sp³-hybridized carbons (Fsp3) is 0.208.